The van der Waals surface area contributed by atoms with E-state index in [1.165, 1.54) is 5.69 Å². The number of piperazine rings is 1. The molecule has 6 nitrogen and oxygen atoms in total. The van der Waals surface area contributed by atoms with Crippen molar-refractivity contribution in [1.82, 2.24) is 10.2 Å². The van der Waals surface area contributed by atoms with E-state index in [1.54, 1.807) is 24.4 Å². The number of hydrogen-bond donors (Lipinski definition) is 2. The normalized spacial score (nSPS) is 17.3. The van der Waals surface area contributed by atoms with Gasteiger partial charge in [0, 0.05) is 70.5 Å². The van der Waals surface area contributed by atoms with E-state index in [0.717, 1.165) is 43.0 Å². The highest BCUT2D eigenvalue weighted by molar-refractivity contribution is 6.36. The Morgan fingerprint density at radius 1 is 0.829 bits per heavy atom. The Kier molecular flexibility index (Phi) is 6.52. The third-order valence-electron chi connectivity index (χ3n) is 6.39. The Labute approximate surface area is 214 Å². The molecule has 1 fully saturated rings. The number of imide groups is 1. The third kappa shape index (κ3) is 4.91. The molecule has 1 saturated heterocycles. The van der Waals surface area contributed by atoms with Crippen molar-refractivity contribution in [3.63, 3.8) is 0 Å². The molecule has 0 bridgehead atoms. The molecule has 178 valence electrons. The number of carbonyl (C=O) groups is 2. The summed E-state index contributed by atoms with van der Waals surface area (Å²) in [5, 5.41) is 6.66. The monoisotopic (exact) mass is 506 g/mol. The fraction of sp³-hybridized carbons (Fsp3) is 0.185. The number of nitrogens with zero attached hydrogens (tertiary/aromatic N) is 2. The summed E-state index contributed by atoms with van der Waals surface area (Å²) in [7, 11) is 2.14. The van der Waals surface area contributed by atoms with Gasteiger partial charge in [-0.3, -0.25) is 14.9 Å². The van der Waals surface area contributed by atoms with Crippen molar-refractivity contribution >= 4 is 52.0 Å². The number of rotatable bonds is 4. The number of carbonyl (C=O) groups excluding carboxylic acids is 2. The summed E-state index contributed by atoms with van der Waals surface area (Å²) in [6, 6.07) is 18.7. The Hall–Kier alpha value is -3.32. The first-order valence-corrected chi connectivity index (χ1v) is 12.1. The number of anilines is 2. The van der Waals surface area contributed by atoms with Gasteiger partial charge in [0.2, 0.25) is 0 Å². The average molecular weight is 507 g/mol. The Bertz CT molecular complexity index is 1330. The van der Waals surface area contributed by atoms with Crippen LogP contribution in [-0.4, -0.2) is 49.9 Å². The van der Waals surface area contributed by atoms with Crippen molar-refractivity contribution in [2.75, 3.05) is 43.4 Å². The van der Waals surface area contributed by atoms with E-state index in [-0.39, 0.29) is 0 Å². The fourth-order valence-corrected chi connectivity index (χ4v) is 4.87. The van der Waals surface area contributed by atoms with E-state index in [0.29, 0.717) is 26.7 Å². The molecule has 0 saturated carbocycles. The van der Waals surface area contributed by atoms with Gasteiger partial charge in [-0.1, -0.05) is 35.3 Å². The lowest BCUT2D eigenvalue weighted by molar-refractivity contribution is -0.114. The SMILES string of the molecule is CN1CCN(c2ccc(NC=C3C(=O)NC(=O)c4ccc(-c5ccc(Cl)cc5Cl)cc43)cc2)CC1. The van der Waals surface area contributed by atoms with Crippen molar-refractivity contribution in [2.45, 2.75) is 0 Å². The molecule has 3 aromatic carbocycles. The van der Waals surface area contributed by atoms with E-state index in [2.05, 4.69) is 39.6 Å². The molecular formula is C27H24Cl2N4O2. The van der Waals surface area contributed by atoms with Crippen LogP contribution in [0.15, 0.2) is 66.9 Å². The van der Waals surface area contributed by atoms with Crippen LogP contribution < -0.4 is 15.5 Å². The number of hydrogen-bond acceptors (Lipinski definition) is 5. The van der Waals surface area contributed by atoms with Crippen LogP contribution in [0.3, 0.4) is 0 Å². The average Bonchev–Trinajstić information content (AvgIpc) is 2.84. The van der Waals surface area contributed by atoms with Crippen LogP contribution in [0.4, 0.5) is 11.4 Å². The van der Waals surface area contributed by atoms with Gasteiger partial charge in [0.05, 0.1) is 5.57 Å². The summed E-state index contributed by atoms with van der Waals surface area (Å²) in [6.07, 6.45) is 1.64. The molecule has 0 aliphatic carbocycles. The van der Waals surface area contributed by atoms with Crippen LogP contribution in [0.5, 0.6) is 0 Å². The first kappa shape index (κ1) is 23.4. The molecule has 2 N–H and O–H groups in total. The molecule has 2 amide bonds. The number of likely N-dealkylation sites (N-methyl/N-ethyl adjacent to an activating group) is 1. The minimum Gasteiger partial charge on any atom is -0.369 e. The zero-order valence-electron chi connectivity index (χ0n) is 19.1. The van der Waals surface area contributed by atoms with E-state index < -0.39 is 11.8 Å². The molecule has 2 heterocycles. The minimum atomic E-state index is -0.455. The van der Waals surface area contributed by atoms with Gasteiger partial charge in [0.1, 0.15) is 0 Å². The van der Waals surface area contributed by atoms with Crippen LogP contribution in [0.1, 0.15) is 15.9 Å². The Balaban J connectivity index is 1.42. The predicted octanol–water partition coefficient (Wildman–Crippen LogP) is 5.14. The van der Waals surface area contributed by atoms with Gasteiger partial charge < -0.3 is 15.1 Å². The second-order valence-electron chi connectivity index (χ2n) is 8.71. The molecule has 2 aliphatic heterocycles. The van der Waals surface area contributed by atoms with Crippen LogP contribution in [0.25, 0.3) is 16.7 Å². The summed E-state index contributed by atoms with van der Waals surface area (Å²) in [5.41, 5.74) is 4.92. The zero-order valence-corrected chi connectivity index (χ0v) is 20.7. The maximum absolute atomic E-state index is 12.7. The summed E-state index contributed by atoms with van der Waals surface area (Å²) in [5.74, 6) is -0.879. The smallest absolute Gasteiger partial charge is 0.260 e. The van der Waals surface area contributed by atoms with Gasteiger partial charge in [0.15, 0.2) is 0 Å². The molecule has 0 radical (unpaired) electrons. The molecule has 0 unspecified atom stereocenters. The molecule has 35 heavy (non-hydrogen) atoms. The first-order chi connectivity index (χ1) is 16.9. The molecule has 3 aromatic rings. The molecule has 5 rings (SSSR count). The molecule has 0 spiro atoms. The number of amides is 2. The van der Waals surface area contributed by atoms with Gasteiger partial charge in [-0.25, -0.2) is 0 Å². The molecule has 2 aliphatic rings. The van der Waals surface area contributed by atoms with Gasteiger partial charge >= 0.3 is 0 Å². The lowest BCUT2D eigenvalue weighted by Crippen LogP contribution is -2.44. The standard InChI is InChI=1S/C27H24Cl2N4O2/c1-32-10-12-33(13-11-32)20-6-4-19(5-7-20)30-16-24-23-14-17(21-9-3-18(28)15-25(21)29)2-8-22(23)26(34)31-27(24)35/h2-9,14-16,30H,10-13H2,1H3,(H,31,34,35). The lowest BCUT2D eigenvalue weighted by Gasteiger charge is -2.34. The van der Waals surface area contributed by atoms with Crippen LogP contribution >= 0.6 is 23.2 Å². The van der Waals surface area contributed by atoms with E-state index >= 15 is 0 Å². The number of fused-ring (bicyclic) bond motifs is 1. The highest BCUT2D eigenvalue weighted by Gasteiger charge is 2.28. The maximum Gasteiger partial charge on any atom is 0.260 e. The second-order valence-corrected chi connectivity index (χ2v) is 9.55. The topological polar surface area (TPSA) is 64.7 Å². The van der Waals surface area contributed by atoms with Crippen LogP contribution in [0, 0.1) is 0 Å². The molecule has 0 aromatic heterocycles. The molecule has 0 atom stereocenters. The van der Waals surface area contributed by atoms with Gasteiger partial charge in [-0.05, 0) is 61.1 Å². The summed E-state index contributed by atoms with van der Waals surface area (Å²) in [4.78, 5) is 29.9. The van der Waals surface area contributed by atoms with Crippen molar-refractivity contribution in [2.24, 2.45) is 0 Å². The van der Waals surface area contributed by atoms with Crippen LogP contribution in [0.2, 0.25) is 10.0 Å². The predicted molar refractivity (Wildman–Crippen MR) is 142 cm³/mol. The highest BCUT2D eigenvalue weighted by atomic mass is 35.5. The first-order valence-electron chi connectivity index (χ1n) is 11.3. The Morgan fingerprint density at radius 2 is 1.54 bits per heavy atom. The van der Waals surface area contributed by atoms with Crippen molar-refractivity contribution in [3.8, 4) is 11.1 Å². The second kappa shape index (κ2) is 9.74. The number of halogens is 2. The highest BCUT2D eigenvalue weighted by Crippen LogP contribution is 2.34. The summed E-state index contributed by atoms with van der Waals surface area (Å²) < 4.78 is 0. The van der Waals surface area contributed by atoms with Crippen molar-refractivity contribution in [1.29, 1.82) is 0 Å². The van der Waals surface area contributed by atoms with Crippen molar-refractivity contribution < 1.29 is 9.59 Å². The fourth-order valence-electron chi connectivity index (χ4n) is 4.35. The van der Waals surface area contributed by atoms with E-state index in [4.69, 9.17) is 23.2 Å². The number of nitrogens with one attached hydrogen (secondary N) is 2. The largest absolute Gasteiger partial charge is 0.369 e. The minimum absolute atomic E-state index is 0.370. The third-order valence-corrected chi connectivity index (χ3v) is 6.93. The summed E-state index contributed by atoms with van der Waals surface area (Å²) in [6.45, 7) is 4.09. The quantitative estimate of drug-likeness (QED) is 0.379. The van der Waals surface area contributed by atoms with Crippen molar-refractivity contribution in [3.05, 3.63) is 88.0 Å². The van der Waals surface area contributed by atoms with Crippen LogP contribution in [-0.2, 0) is 4.79 Å². The van der Waals surface area contributed by atoms with Gasteiger partial charge in [0.25, 0.3) is 11.8 Å². The number of benzene rings is 3. The maximum atomic E-state index is 12.7. The Morgan fingerprint density at radius 3 is 2.26 bits per heavy atom. The lowest BCUT2D eigenvalue weighted by atomic mass is 9.91. The zero-order chi connectivity index (χ0) is 24.5. The van der Waals surface area contributed by atoms with E-state index in [1.807, 2.05) is 30.3 Å². The molecular weight excluding hydrogens is 483 g/mol. The summed E-state index contributed by atoms with van der Waals surface area (Å²) >= 11 is 12.4. The molecule has 8 heteroatoms. The van der Waals surface area contributed by atoms with Gasteiger partial charge in [-0.15, -0.1) is 0 Å². The van der Waals surface area contributed by atoms with E-state index in [9.17, 15) is 9.59 Å². The van der Waals surface area contributed by atoms with Gasteiger partial charge in [-0.2, -0.15) is 0 Å².